The van der Waals surface area contributed by atoms with E-state index in [0.29, 0.717) is 6.04 Å². The van der Waals surface area contributed by atoms with Crippen molar-refractivity contribution >= 4 is 0 Å². The second-order valence-corrected chi connectivity index (χ2v) is 4.89. The van der Waals surface area contributed by atoms with Gasteiger partial charge in [-0.3, -0.25) is 0 Å². The number of hydrogen-bond donors (Lipinski definition) is 1. The molecule has 1 atom stereocenters. The molecule has 1 N–H and O–H groups in total. The first kappa shape index (κ1) is 13.8. The predicted molar refractivity (Wildman–Crippen MR) is 78.7 cm³/mol. The van der Waals surface area contributed by atoms with Crippen LogP contribution in [0.15, 0.2) is 42.5 Å². The van der Waals surface area contributed by atoms with Gasteiger partial charge in [0, 0.05) is 6.04 Å². The molecule has 1 unspecified atom stereocenters. The van der Waals surface area contributed by atoms with Crippen molar-refractivity contribution in [2.75, 3.05) is 7.05 Å². The molecule has 0 fully saturated rings. The third-order valence-electron chi connectivity index (χ3n) is 3.42. The minimum atomic E-state index is -0.180. The lowest BCUT2D eigenvalue weighted by Crippen LogP contribution is -2.15. The van der Waals surface area contributed by atoms with E-state index in [1.54, 1.807) is 12.1 Å². The molecular weight excluding hydrogens is 237 g/mol. The Morgan fingerprint density at radius 1 is 1.11 bits per heavy atom. The van der Waals surface area contributed by atoms with Gasteiger partial charge in [-0.25, -0.2) is 4.39 Å². The summed E-state index contributed by atoms with van der Waals surface area (Å²) >= 11 is 0. The number of aryl methyl sites for hydroxylation is 1. The van der Waals surface area contributed by atoms with Crippen LogP contribution < -0.4 is 5.32 Å². The summed E-state index contributed by atoms with van der Waals surface area (Å²) < 4.78 is 13.5. The summed E-state index contributed by atoms with van der Waals surface area (Å²) in [7, 11) is 1.97. The number of halogens is 1. The molecule has 0 heterocycles. The van der Waals surface area contributed by atoms with Gasteiger partial charge >= 0.3 is 0 Å². The smallest absolute Gasteiger partial charge is 0.124 e. The molecule has 19 heavy (non-hydrogen) atoms. The van der Waals surface area contributed by atoms with Gasteiger partial charge in [-0.15, -0.1) is 0 Å². The van der Waals surface area contributed by atoms with E-state index in [1.807, 2.05) is 32.2 Å². The normalized spacial score (nSPS) is 12.4. The molecule has 2 aromatic carbocycles. The summed E-state index contributed by atoms with van der Waals surface area (Å²) in [6, 6.07) is 13.8. The molecule has 1 nitrogen and oxygen atoms in total. The molecule has 0 amide bonds. The molecule has 0 aliphatic rings. The van der Waals surface area contributed by atoms with Crippen LogP contribution in [0.3, 0.4) is 0 Å². The first-order valence-electron chi connectivity index (χ1n) is 6.69. The molecule has 0 saturated carbocycles. The summed E-state index contributed by atoms with van der Waals surface area (Å²) in [4.78, 5) is 0. The van der Waals surface area contributed by atoms with Gasteiger partial charge in [-0.1, -0.05) is 31.2 Å². The molecule has 0 bridgehead atoms. The van der Waals surface area contributed by atoms with Crippen molar-refractivity contribution < 1.29 is 4.39 Å². The Labute approximate surface area is 114 Å². The zero-order valence-corrected chi connectivity index (χ0v) is 11.7. The lowest BCUT2D eigenvalue weighted by molar-refractivity contribution is 0.577. The average Bonchev–Trinajstić information content (AvgIpc) is 2.39. The minimum absolute atomic E-state index is 0.180. The Hall–Kier alpha value is -1.67. The Morgan fingerprint density at radius 2 is 1.89 bits per heavy atom. The highest BCUT2D eigenvalue weighted by Crippen LogP contribution is 2.26. The van der Waals surface area contributed by atoms with Crippen LogP contribution >= 0.6 is 0 Å². The highest BCUT2D eigenvalue weighted by atomic mass is 19.1. The van der Waals surface area contributed by atoms with Gasteiger partial charge in [0.05, 0.1) is 0 Å². The average molecular weight is 257 g/mol. The van der Waals surface area contributed by atoms with Crippen molar-refractivity contribution in [1.82, 2.24) is 5.32 Å². The Kier molecular flexibility index (Phi) is 4.33. The van der Waals surface area contributed by atoms with Crippen LogP contribution in [0, 0.1) is 12.7 Å². The summed E-state index contributed by atoms with van der Waals surface area (Å²) in [5, 5.41) is 3.30. The van der Waals surface area contributed by atoms with Crippen LogP contribution in [-0.2, 0) is 0 Å². The van der Waals surface area contributed by atoms with Crippen molar-refractivity contribution in [1.29, 1.82) is 0 Å². The van der Waals surface area contributed by atoms with Gasteiger partial charge < -0.3 is 5.32 Å². The highest BCUT2D eigenvalue weighted by Gasteiger charge is 2.08. The lowest BCUT2D eigenvalue weighted by Gasteiger charge is -2.15. The van der Waals surface area contributed by atoms with Crippen LogP contribution in [0.25, 0.3) is 11.1 Å². The molecule has 0 aliphatic carbocycles. The van der Waals surface area contributed by atoms with Crippen LogP contribution in [0.2, 0.25) is 0 Å². The molecule has 2 aromatic rings. The topological polar surface area (TPSA) is 12.0 Å². The van der Waals surface area contributed by atoms with Gasteiger partial charge in [0.1, 0.15) is 5.82 Å². The molecule has 0 aromatic heterocycles. The Bertz CT molecular complexity index is 539. The number of rotatable bonds is 4. The standard InChI is InChI=1S/C17H20FN/c1-4-17(19-3)14-7-5-6-13(10-14)15-8-12(2)9-16(18)11-15/h5-11,17,19H,4H2,1-3H3. The third kappa shape index (κ3) is 3.21. The fourth-order valence-corrected chi connectivity index (χ4v) is 2.44. The molecular formula is C17H20FN. The fourth-order valence-electron chi connectivity index (χ4n) is 2.44. The van der Waals surface area contributed by atoms with E-state index >= 15 is 0 Å². The maximum Gasteiger partial charge on any atom is 0.124 e. The zero-order valence-electron chi connectivity index (χ0n) is 11.7. The summed E-state index contributed by atoms with van der Waals surface area (Å²) in [6.45, 7) is 4.07. The molecule has 2 heteroatoms. The second-order valence-electron chi connectivity index (χ2n) is 4.89. The van der Waals surface area contributed by atoms with Gasteiger partial charge in [0.15, 0.2) is 0 Å². The van der Waals surface area contributed by atoms with Crippen molar-refractivity contribution in [3.05, 3.63) is 59.4 Å². The zero-order chi connectivity index (χ0) is 13.8. The Morgan fingerprint density at radius 3 is 2.53 bits per heavy atom. The summed E-state index contributed by atoms with van der Waals surface area (Å²) in [5.74, 6) is -0.180. The lowest BCUT2D eigenvalue weighted by atomic mass is 9.97. The molecule has 0 aliphatic heterocycles. The summed E-state index contributed by atoms with van der Waals surface area (Å²) in [5.41, 5.74) is 4.18. The van der Waals surface area contributed by atoms with Gasteiger partial charge in [0.25, 0.3) is 0 Å². The Balaban J connectivity index is 2.42. The number of nitrogens with one attached hydrogen (secondary N) is 1. The van der Waals surface area contributed by atoms with Crippen LogP contribution in [0.4, 0.5) is 4.39 Å². The second kappa shape index (κ2) is 5.98. The first-order chi connectivity index (χ1) is 9.13. The van der Waals surface area contributed by atoms with E-state index in [9.17, 15) is 4.39 Å². The molecule has 0 saturated heterocycles. The SMILES string of the molecule is CCC(NC)c1cccc(-c2cc(C)cc(F)c2)c1. The molecule has 2 rings (SSSR count). The monoisotopic (exact) mass is 257 g/mol. The molecule has 100 valence electrons. The predicted octanol–water partition coefficient (Wildman–Crippen LogP) is 4.47. The number of hydrogen-bond acceptors (Lipinski definition) is 1. The van der Waals surface area contributed by atoms with Crippen molar-refractivity contribution in [2.45, 2.75) is 26.3 Å². The van der Waals surface area contributed by atoms with Crippen molar-refractivity contribution in [3.8, 4) is 11.1 Å². The van der Waals surface area contributed by atoms with E-state index in [2.05, 4.69) is 24.4 Å². The number of benzene rings is 2. The van der Waals surface area contributed by atoms with E-state index in [0.717, 1.165) is 23.1 Å². The maximum atomic E-state index is 13.5. The van der Waals surface area contributed by atoms with E-state index in [1.165, 1.54) is 5.56 Å². The highest BCUT2D eigenvalue weighted by molar-refractivity contribution is 5.65. The summed E-state index contributed by atoms with van der Waals surface area (Å²) in [6.07, 6.45) is 1.03. The van der Waals surface area contributed by atoms with Gasteiger partial charge in [0.2, 0.25) is 0 Å². The third-order valence-corrected chi connectivity index (χ3v) is 3.42. The van der Waals surface area contributed by atoms with Crippen molar-refractivity contribution in [3.63, 3.8) is 0 Å². The minimum Gasteiger partial charge on any atom is -0.313 e. The van der Waals surface area contributed by atoms with E-state index < -0.39 is 0 Å². The molecule has 0 spiro atoms. The van der Waals surface area contributed by atoms with Crippen molar-refractivity contribution in [2.24, 2.45) is 0 Å². The van der Waals surface area contributed by atoms with Crippen LogP contribution in [0.5, 0.6) is 0 Å². The fraction of sp³-hybridized carbons (Fsp3) is 0.294. The largest absolute Gasteiger partial charge is 0.313 e. The van der Waals surface area contributed by atoms with E-state index in [-0.39, 0.29) is 5.82 Å². The quantitative estimate of drug-likeness (QED) is 0.852. The van der Waals surface area contributed by atoms with Gasteiger partial charge in [-0.2, -0.15) is 0 Å². The van der Waals surface area contributed by atoms with Crippen LogP contribution in [0.1, 0.15) is 30.5 Å². The van der Waals surface area contributed by atoms with Crippen LogP contribution in [-0.4, -0.2) is 7.05 Å². The van der Waals surface area contributed by atoms with E-state index in [4.69, 9.17) is 0 Å². The van der Waals surface area contributed by atoms with Gasteiger partial charge in [-0.05, 0) is 60.8 Å². The maximum absolute atomic E-state index is 13.5. The molecule has 0 radical (unpaired) electrons. The first-order valence-corrected chi connectivity index (χ1v) is 6.69.